The molecule has 0 radical (unpaired) electrons. The van der Waals surface area contributed by atoms with E-state index in [2.05, 4.69) is 26.6 Å². The van der Waals surface area contributed by atoms with Crippen molar-refractivity contribution in [2.24, 2.45) is 0 Å². The van der Waals surface area contributed by atoms with E-state index in [0.717, 1.165) is 10.0 Å². The lowest BCUT2D eigenvalue weighted by Gasteiger charge is -2.45. The molecule has 1 aromatic carbocycles. The zero-order chi connectivity index (χ0) is 17.1. The zero-order valence-electron chi connectivity index (χ0n) is 13.0. The number of hydrogen-bond acceptors (Lipinski definition) is 4. The first kappa shape index (κ1) is 15.8. The summed E-state index contributed by atoms with van der Waals surface area (Å²) in [5, 5.41) is 6.22. The third kappa shape index (κ3) is 1.96. The number of benzene rings is 1. The van der Waals surface area contributed by atoms with Crippen LogP contribution in [0.3, 0.4) is 0 Å². The molecule has 1 atom stereocenters. The predicted octanol–water partition coefficient (Wildman–Crippen LogP) is 1.42. The molecular formula is C16H16BrN3O3S. The molecule has 8 heteroatoms. The molecule has 24 heavy (non-hydrogen) atoms. The van der Waals surface area contributed by atoms with Gasteiger partial charge in [0.25, 0.3) is 5.91 Å². The molecule has 6 nitrogen and oxygen atoms in total. The Labute approximate surface area is 153 Å². The van der Waals surface area contributed by atoms with Crippen LogP contribution in [-0.4, -0.2) is 40.5 Å². The maximum absolute atomic E-state index is 12.9. The Morgan fingerprint density at radius 3 is 2.67 bits per heavy atom. The third-order valence-corrected chi connectivity index (χ3v) is 5.92. The number of nitrogens with zero attached hydrogens (tertiary/aromatic N) is 1. The fourth-order valence-corrected chi connectivity index (χ4v) is 4.65. The number of hydrogen-bond donors (Lipinski definition) is 2. The van der Waals surface area contributed by atoms with Crippen LogP contribution in [0.2, 0.25) is 0 Å². The van der Waals surface area contributed by atoms with E-state index in [-0.39, 0.29) is 11.8 Å². The normalized spacial score (nSPS) is 27.0. The lowest BCUT2D eigenvalue weighted by atomic mass is 9.71. The average Bonchev–Trinajstić information content (AvgIpc) is 2.97. The fraction of sp³-hybridized carbons (Fsp3) is 0.438. The van der Waals surface area contributed by atoms with Crippen molar-refractivity contribution in [1.82, 2.24) is 15.5 Å². The number of rotatable bonds is 0. The van der Waals surface area contributed by atoms with Gasteiger partial charge < -0.3 is 20.3 Å². The predicted molar refractivity (Wildman–Crippen MR) is 94.5 cm³/mol. The van der Waals surface area contributed by atoms with E-state index < -0.39 is 11.1 Å². The van der Waals surface area contributed by atoms with E-state index in [1.807, 2.05) is 18.2 Å². The zero-order valence-corrected chi connectivity index (χ0v) is 15.4. The minimum absolute atomic E-state index is 0.0384. The van der Waals surface area contributed by atoms with Gasteiger partial charge in [0.15, 0.2) is 10.7 Å². The van der Waals surface area contributed by atoms with Crippen LogP contribution < -0.4 is 15.4 Å². The summed E-state index contributed by atoms with van der Waals surface area (Å²) < 4.78 is 7.20. The summed E-state index contributed by atoms with van der Waals surface area (Å²) in [7, 11) is 0. The van der Waals surface area contributed by atoms with Crippen molar-refractivity contribution in [2.45, 2.75) is 30.9 Å². The van der Waals surface area contributed by atoms with Gasteiger partial charge in [-0.2, -0.15) is 0 Å². The van der Waals surface area contributed by atoms with Gasteiger partial charge in [0, 0.05) is 42.9 Å². The van der Waals surface area contributed by atoms with E-state index in [1.54, 1.807) is 11.8 Å². The number of halogens is 1. The second kappa shape index (κ2) is 5.16. The Bertz CT molecular complexity index is 776. The van der Waals surface area contributed by atoms with Gasteiger partial charge in [0.1, 0.15) is 11.4 Å². The van der Waals surface area contributed by atoms with Gasteiger partial charge in [0.2, 0.25) is 5.91 Å². The highest BCUT2D eigenvalue weighted by Gasteiger charge is 2.68. The molecular weight excluding hydrogens is 394 g/mol. The lowest BCUT2D eigenvalue weighted by Crippen LogP contribution is -2.65. The largest absolute Gasteiger partial charge is 0.483 e. The number of carbonyl (C=O) groups excluding carboxylic acids is 2. The molecule has 2 N–H and O–H groups in total. The Morgan fingerprint density at radius 2 is 2.08 bits per heavy atom. The van der Waals surface area contributed by atoms with Crippen molar-refractivity contribution in [1.29, 1.82) is 0 Å². The number of likely N-dealkylation sites (tertiary alicyclic amines) is 1. The molecule has 2 amide bonds. The molecule has 0 saturated carbocycles. The van der Waals surface area contributed by atoms with E-state index in [9.17, 15) is 9.59 Å². The minimum Gasteiger partial charge on any atom is -0.483 e. The number of ether oxygens (including phenoxy) is 1. The topological polar surface area (TPSA) is 70.7 Å². The van der Waals surface area contributed by atoms with Crippen LogP contribution in [0.5, 0.6) is 5.75 Å². The first-order valence-electron chi connectivity index (χ1n) is 7.76. The van der Waals surface area contributed by atoms with Gasteiger partial charge in [-0.1, -0.05) is 15.9 Å². The SMILES string of the molecule is CC(=O)N1CCC2(CC1)Oc1ccc(Br)cc1C21NC(=S)NC1=O. The summed E-state index contributed by atoms with van der Waals surface area (Å²) in [6.45, 7) is 2.66. The average molecular weight is 410 g/mol. The Morgan fingerprint density at radius 1 is 1.38 bits per heavy atom. The molecule has 0 aromatic heterocycles. The van der Waals surface area contributed by atoms with Crippen molar-refractivity contribution < 1.29 is 14.3 Å². The molecule has 0 bridgehead atoms. The van der Waals surface area contributed by atoms with E-state index in [1.165, 1.54) is 0 Å². The Hall–Kier alpha value is -1.67. The van der Waals surface area contributed by atoms with Crippen molar-refractivity contribution in [3.8, 4) is 5.75 Å². The van der Waals surface area contributed by atoms with Crippen LogP contribution in [-0.2, 0) is 15.1 Å². The molecule has 2 fully saturated rings. The molecule has 1 aromatic rings. The maximum atomic E-state index is 12.9. The van der Waals surface area contributed by atoms with Crippen LogP contribution >= 0.6 is 28.1 Å². The summed E-state index contributed by atoms with van der Waals surface area (Å²) in [6.07, 6.45) is 1.11. The van der Waals surface area contributed by atoms with Gasteiger partial charge in [-0.15, -0.1) is 0 Å². The number of amides is 2. The summed E-state index contributed by atoms with van der Waals surface area (Å²) in [5.74, 6) is 0.527. The van der Waals surface area contributed by atoms with E-state index in [0.29, 0.717) is 36.8 Å². The Balaban J connectivity index is 1.83. The van der Waals surface area contributed by atoms with Crippen molar-refractivity contribution in [2.75, 3.05) is 13.1 Å². The minimum atomic E-state index is -1.05. The van der Waals surface area contributed by atoms with Crippen LogP contribution in [0, 0.1) is 0 Å². The lowest BCUT2D eigenvalue weighted by molar-refractivity contribution is -0.139. The quantitative estimate of drug-likeness (QED) is 0.634. The maximum Gasteiger partial charge on any atom is 0.260 e. The van der Waals surface area contributed by atoms with Gasteiger partial charge in [0.05, 0.1) is 0 Å². The summed E-state index contributed by atoms with van der Waals surface area (Å²) in [4.78, 5) is 26.4. The highest BCUT2D eigenvalue weighted by atomic mass is 79.9. The molecule has 2 spiro atoms. The van der Waals surface area contributed by atoms with Crippen LogP contribution in [0.1, 0.15) is 25.3 Å². The number of fused-ring (bicyclic) bond motifs is 3. The molecule has 126 valence electrons. The molecule has 3 heterocycles. The molecule has 4 rings (SSSR count). The molecule has 2 saturated heterocycles. The Kier molecular flexibility index (Phi) is 3.41. The van der Waals surface area contributed by atoms with Crippen LogP contribution in [0.4, 0.5) is 0 Å². The molecule has 0 aliphatic carbocycles. The smallest absolute Gasteiger partial charge is 0.260 e. The number of thiocarbonyl (C=S) groups is 1. The van der Waals surface area contributed by atoms with Gasteiger partial charge in [-0.05, 0) is 30.4 Å². The first-order chi connectivity index (χ1) is 11.4. The van der Waals surface area contributed by atoms with Crippen molar-refractivity contribution >= 4 is 45.1 Å². The van der Waals surface area contributed by atoms with Gasteiger partial charge in [-0.25, -0.2) is 0 Å². The molecule has 3 aliphatic heterocycles. The monoisotopic (exact) mass is 409 g/mol. The standard InChI is InChI=1S/C16H16BrN3O3S/c1-9(21)20-6-4-15(5-7-20)16(13(22)18-14(24)19-16)11-8-10(17)2-3-12(11)23-15/h2-3,8H,4-7H2,1H3,(H2,18,19,22,24). The van der Waals surface area contributed by atoms with Crippen LogP contribution in [0.15, 0.2) is 22.7 Å². The van der Waals surface area contributed by atoms with Crippen LogP contribution in [0.25, 0.3) is 0 Å². The van der Waals surface area contributed by atoms with Gasteiger partial charge >= 0.3 is 0 Å². The second-order valence-electron chi connectivity index (χ2n) is 6.40. The van der Waals surface area contributed by atoms with E-state index in [4.69, 9.17) is 17.0 Å². The summed E-state index contributed by atoms with van der Waals surface area (Å²) >= 11 is 8.68. The number of carbonyl (C=O) groups is 2. The summed E-state index contributed by atoms with van der Waals surface area (Å²) in [5.41, 5.74) is -1.02. The first-order valence-corrected chi connectivity index (χ1v) is 8.96. The fourth-order valence-electron chi connectivity index (χ4n) is 4.04. The highest BCUT2D eigenvalue weighted by Crippen LogP contribution is 2.54. The summed E-state index contributed by atoms with van der Waals surface area (Å²) in [6, 6.07) is 5.66. The van der Waals surface area contributed by atoms with Crippen molar-refractivity contribution in [3.05, 3.63) is 28.2 Å². The second-order valence-corrected chi connectivity index (χ2v) is 7.73. The highest BCUT2D eigenvalue weighted by molar-refractivity contribution is 9.10. The number of piperidine rings is 1. The van der Waals surface area contributed by atoms with Gasteiger partial charge in [-0.3, -0.25) is 9.59 Å². The molecule has 3 aliphatic rings. The van der Waals surface area contributed by atoms with E-state index >= 15 is 0 Å². The number of nitrogens with one attached hydrogen (secondary N) is 2. The van der Waals surface area contributed by atoms with Crippen molar-refractivity contribution in [3.63, 3.8) is 0 Å². The third-order valence-electron chi connectivity index (χ3n) is 5.22. The molecule has 1 unspecified atom stereocenters.